The number of nitrogen functional groups attached to an aromatic ring is 1. The highest BCUT2D eigenvalue weighted by molar-refractivity contribution is 7.92. The number of hydrogen-bond acceptors (Lipinski definition) is 7. The molecule has 0 aromatic carbocycles. The van der Waals surface area contributed by atoms with Crippen LogP contribution in [0.1, 0.15) is 24.6 Å². The van der Waals surface area contributed by atoms with Crippen molar-refractivity contribution in [2.45, 2.75) is 36.5 Å². The number of sulfone groups is 1. The molecule has 2 heterocycles. The molecule has 0 radical (unpaired) electrons. The van der Waals surface area contributed by atoms with Crippen molar-refractivity contribution in [3.05, 3.63) is 22.4 Å². The lowest BCUT2D eigenvalue weighted by Gasteiger charge is -2.21. The SMILES string of the molecule is CCN(Cc1cccs1)c1snc(N)c1S(=O)(=O)C1CC1. The smallest absolute Gasteiger partial charge is 0.187 e. The number of rotatable bonds is 6. The molecule has 2 aromatic rings. The van der Waals surface area contributed by atoms with Crippen molar-refractivity contribution in [1.29, 1.82) is 0 Å². The van der Waals surface area contributed by atoms with Crippen LogP contribution in [0.4, 0.5) is 10.8 Å². The lowest BCUT2D eigenvalue weighted by molar-refractivity contribution is 0.595. The predicted molar refractivity (Wildman–Crippen MR) is 87.8 cm³/mol. The Kier molecular flexibility index (Phi) is 3.94. The van der Waals surface area contributed by atoms with Crippen LogP contribution in [0.5, 0.6) is 0 Å². The zero-order valence-electron chi connectivity index (χ0n) is 11.7. The third-order valence-electron chi connectivity index (χ3n) is 3.50. The number of aromatic nitrogens is 1. The third-order valence-corrected chi connectivity index (χ3v) is 7.73. The van der Waals surface area contributed by atoms with Gasteiger partial charge in [0, 0.05) is 11.4 Å². The first-order chi connectivity index (χ1) is 10.0. The van der Waals surface area contributed by atoms with Gasteiger partial charge in [-0.05, 0) is 42.7 Å². The summed E-state index contributed by atoms with van der Waals surface area (Å²) in [4.78, 5) is 3.47. The molecule has 1 aliphatic carbocycles. The Balaban J connectivity index is 1.97. The van der Waals surface area contributed by atoms with Crippen LogP contribution in [0.15, 0.2) is 22.4 Å². The van der Waals surface area contributed by atoms with Gasteiger partial charge in [-0.3, -0.25) is 0 Å². The standard InChI is InChI=1S/C13H17N3O2S3/c1-2-16(8-9-4-3-7-19-9)13-11(12(14)15-20-13)21(17,18)10-5-6-10/h3-4,7,10H,2,5-6,8H2,1H3,(H2,14,15). The minimum atomic E-state index is -3.33. The van der Waals surface area contributed by atoms with E-state index in [0.29, 0.717) is 18.1 Å². The van der Waals surface area contributed by atoms with Crippen LogP contribution in [0.25, 0.3) is 0 Å². The van der Waals surface area contributed by atoms with Gasteiger partial charge in [0.15, 0.2) is 15.7 Å². The maximum atomic E-state index is 12.6. The first kappa shape index (κ1) is 14.8. The van der Waals surface area contributed by atoms with Gasteiger partial charge in [-0.15, -0.1) is 11.3 Å². The minimum absolute atomic E-state index is 0.145. The molecule has 0 amide bonds. The van der Waals surface area contributed by atoms with E-state index in [2.05, 4.69) is 4.37 Å². The largest absolute Gasteiger partial charge is 0.382 e. The fourth-order valence-electron chi connectivity index (χ4n) is 2.22. The van der Waals surface area contributed by atoms with Crippen molar-refractivity contribution in [2.24, 2.45) is 0 Å². The van der Waals surface area contributed by atoms with Crippen LogP contribution in [-0.2, 0) is 16.4 Å². The summed E-state index contributed by atoms with van der Waals surface area (Å²) in [6, 6.07) is 4.05. The van der Waals surface area contributed by atoms with Gasteiger partial charge in [-0.1, -0.05) is 6.07 Å². The van der Waals surface area contributed by atoms with Gasteiger partial charge in [0.1, 0.15) is 9.90 Å². The van der Waals surface area contributed by atoms with Gasteiger partial charge < -0.3 is 10.6 Å². The van der Waals surface area contributed by atoms with Gasteiger partial charge in [-0.25, -0.2) is 8.42 Å². The molecule has 114 valence electrons. The van der Waals surface area contributed by atoms with Crippen molar-refractivity contribution < 1.29 is 8.42 Å². The summed E-state index contributed by atoms with van der Waals surface area (Å²) in [5.74, 6) is 0.145. The van der Waals surface area contributed by atoms with Gasteiger partial charge in [0.2, 0.25) is 0 Å². The highest BCUT2D eigenvalue weighted by Crippen LogP contribution is 2.42. The first-order valence-corrected chi connectivity index (χ1v) is 10.00. The Bertz CT molecular complexity index is 718. The number of thiophene rings is 1. The normalized spacial score (nSPS) is 15.3. The fourth-order valence-corrected chi connectivity index (χ4v) is 6.03. The van der Waals surface area contributed by atoms with E-state index in [9.17, 15) is 8.42 Å². The Morgan fingerprint density at radius 3 is 2.81 bits per heavy atom. The summed E-state index contributed by atoms with van der Waals surface area (Å²) in [6.45, 7) is 3.41. The number of anilines is 2. The molecule has 0 spiro atoms. The van der Waals surface area contributed by atoms with Gasteiger partial charge in [-0.2, -0.15) is 4.37 Å². The average Bonchev–Trinajstić information content (AvgIpc) is 3.07. The molecule has 1 fully saturated rings. The van der Waals surface area contributed by atoms with E-state index in [1.54, 1.807) is 11.3 Å². The topological polar surface area (TPSA) is 76.3 Å². The van der Waals surface area contributed by atoms with Crippen LogP contribution in [0, 0.1) is 0 Å². The molecule has 8 heteroatoms. The molecule has 3 rings (SSSR count). The summed E-state index contributed by atoms with van der Waals surface area (Å²) in [7, 11) is -3.33. The molecule has 21 heavy (non-hydrogen) atoms. The van der Waals surface area contributed by atoms with Crippen molar-refractivity contribution in [1.82, 2.24) is 4.37 Å². The molecule has 0 bridgehead atoms. The summed E-state index contributed by atoms with van der Waals surface area (Å²) < 4.78 is 29.3. The third kappa shape index (κ3) is 2.79. The molecule has 1 saturated carbocycles. The van der Waals surface area contributed by atoms with E-state index in [1.807, 2.05) is 29.3 Å². The van der Waals surface area contributed by atoms with E-state index < -0.39 is 9.84 Å². The zero-order valence-corrected chi connectivity index (χ0v) is 14.1. The van der Waals surface area contributed by atoms with Crippen LogP contribution in [-0.4, -0.2) is 24.6 Å². The molecule has 2 N–H and O–H groups in total. The second kappa shape index (κ2) is 5.58. The van der Waals surface area contributed by atoms with E-state index in [0.717, 1.165) is 12.8 Å². The molecular weight excluding hydrogens is 326 g/mol. The van der Waals surface area contributed by atoms with Crippen LogP contribution < -0.4 is 10.6 Å². The Morgan fingerprint density at radius 2 is 2.24 bits per heavy atom. The molecule has 5 nitrogen and oxygen atoms in total. The Hall–Kier alpha value is -1.12. The zero-order chi connectivity index (χ0) is 15.0. The highest BCUT2D eigenvalue weighted by Gasteiger charge is 2.41. The second-order valence-electron chi connectivity index (χ2n) is 5.04. The monoisotopic (exact) mass is 343 g/mol. The molecule has 2 aromatic heterocycles. The molecule has 1 aliphatic rings. The van der Waals surface area contributed by atoms with E-state index >= 15 is 0 Å². The average molecular weight is 343 g/mol. The molecule has 0 aliphatic heterocycles. The minimum Gasteiger partial charge on any atom is -0.382 e. The van der Waals surface area contributed by atoms with Gasteiger partial charge >= 0.3 is 0 Å². The number of nitrogens with two attached hydrogens (primary N) is 1. The van der Waals surface area contributed by atoms with E-state index in [1.165, 1.54) is 16.4 Å². The maximum Gasteiger partial charge on any atom is 0.187 e. The predicted octanol–water partition coefficient (Wildman–Crippen LogP) is 2.75. The second-order valence-corrected chi connectivity index (χ2v) is 8.99. The van der Waals surface area contributed by atoms with Gasteiger partial charge in [0.05, 0.1) is 11.8 Å². The summed E-state index contributed by atoms with van der Waals surface area (Å²) in [5.41, 5.74) is 5.86. The fraction of sp³-hybridized carbons (Fsp3) is 0.462. The summed E-state index contributed by atoms with van der Waals surface area (Å²) in [6.07, 6.45) is 1.46. The van der Waals surface area contributed by atoms with Crippen molar-refractivity contribution in [2.75, 3.05) is 17.2 Å². The number of nitrogens with zero attached hydrogens (tertiary/aromatic N) is 2. The van der Waals surface area contributed by atoms with E-state index in [4.69, 9.17) is 5.73 Å². The number of hydrogen-bond donors (Lipinski definition) is 1. The first-order valence-electron chi connectivity index (χ1n) is 6.80. The van der Waals surface area contributed by atoms with Crippen LogP contribution in [0.2, 0.25) is 0 Å². The van der Waals surface area contributed by atoms with Crippen molar-refractivity contribution in [3.63, 3.8) is 0 Å². The lowest BCUT2D eigenvalue weighted by atomic mass is 10.4. The van der Waals surface area contributed by atoms with Crippen LogP contribution in [0.3, 0.4) is 0 Å². The van der Waals surface area contributed by atoms with Crippen molar-refractivity contribution >= 4 is 43.5 Å². The van der Waals surface area contributed by atoms with Gasteiger partial charge in [0.25, 0.3) is 0 Å². The van der Waals surface area contributed by atoms with Crippen molar-refractivity contribution in [3.8, 4) is 0 Å². The maximum absolute atomic E-state index is 12.6. The molecular formula is C13H17N3O2S3. The van der Waals surface area contributed by atoms with E-state index in [-0.39, 0.29) is 16.0 Å². The lowest BCUT2D eigenvalue weighted by Crippen LogP contribution is -2.23. The molecule has 0 saturated heterocycles. The quantitative estimate of drug-likeness (QED) is 0.873. The summed E-state index contributed by atoms with van der Waals surface area (Å²) in [5, 5.41) is 2.43. The molecule has 0 unspecified atom stereocenters. The Labute approximate surface area is 132 Å². The Morgan fingerprint density at radius 1 is 1.48 bits per heavy atom. The highest BCUT2D eigenvalue weighted by atomic mass is 32.2. The van der Waals surface area contributed by atoms with Crippen LogP contribution >= 0.6 is 22.9 Å². The molecule has 0 atom stereocenters. The summed E-state index contributed by atoms with van der Waals surface area (Å²) >= 11 is 2.84.